The molecule has 5 rings (SSSR count). The molecule has 1 N–H and O–H groups in total. The molecule has 0 aliphatic carbocycles. The van der Waals surface area contributed by atoms with Gasteiger partial charge in [-0.2, -0.15) is 5.10 Å². The van der Waals surface area contributed by atoms with Gasteiger partial charge in [-0.1, -0.05) is 42.7 Å². The quantitative estimate of drug-likeness (QED) is 0.622. The fourth-order valence-corrected chi connectivity index (χ4v) is 5.32. The van der Waals surface area contributed by atoms with Gasteiger partial charge in [-0.25, -0.2) is 9.67 Å². The third kappa shape index (κ3) is 5.09. The van der Waals surface area contributed by atoms with Gasteiger partial charge in [-0.15, -0.1) is 0 Å². The van der Waals surface area contributed by atoms with E-state index in [0.717, 1.165) is 62.4 Å². The number of fused-ring (bicyclic) bond motifs is 1. The van der Waals surface area contributed by atoms with Gasteiger partial charge in [0.05, 0.1) is 5.39 Å². The predicted octanol–water partition coefficient (Wildman–Crippen LogP) is 4.05. The normalized spacial score (nSPS) is 18.2. The van der Waals surface area contributed by atoms with E-state index < -0.39 is 0 Å². The molecular formula is C27H36N6O. The molecular weight excluding hydrogens is 424 g/mol. The van der Waals surface area contributed by atoms with E-state index in [0.29, 0.717) is 5.69 Å². The minimum Gasteiger partial charge on any atom is -0.357 e. The van der Waals surface area contributed by atoms with Gasteiger partial charge in [0, 0.05) is 45.8 Å². The van der Waals surface area contributed by atoms with E-state index in [4.69, 9.17) is 4.98 Å². The second-order valence-electron chi connectivity index (χ2n) is 9.93. The number of pyridine rings is 1. The zero-order chi connectivity index (χ0) is 23.5. The van der Waals surface area contributed by atoms with Crippen LogP contribution in [0.1, 0.15) is 60.1 Å². The SMILES string of the molecule is Cc1cccc(CN2CCC(NC(=O)c3nn(C)c4nc(N5CCCCCC5)ccc34)CC2)c1. The fraction of sp³-hybridized carbons (Fsp3) is 0.519. The van der Waals surface area contributed by atoms with E-state index in [1.54, 1.807) is 4.68 Å². The van der Waals surface area contributed by atoms with Crippen LogP contribution in [0.25, 0.3) is 11.0 Å². The number of piperidine rings is 1. The summed E-state index contributed by atoms with van der Waals surface area (Å²) in [6.07, 6.45) is 6.92. The summed E-state index contributed by atoms with van der Waals surface area (Å²) in [5, 5.41) is 8.62. The van der Waals surface area contributed by atoms with E-state index in [-0.39, 0.29) is 11.9 Å². The number of nitrogens with zero attached hydrogens (tertiary/aromatic N) is 5. The van der Waals surface area contributed by atoms with Crippen molar-refractivity contribution in [3.8, 4) is 0 Å². The Morgan fingerprint density at radius 1 is 1.03 bits per heavy atom. The maximum absolute atomic E-state index is 13.1. The van der Waals surface area contributed by atoms with Gasteiger partial charge in [0.1, 0.15) is 5.82 Å². The van der Waals surface area contributed by atoms with Crippen LogP contribution in [0, 0.1) is 6.92 Å². The highest BCUT2D eigenvalue weighted by Gasteiger charge is 2.24. The number of rotatable bonds is 5. The average molecular weight is 461 g/mol. The topological polar surface area (TPSA) is 66.3 Å². The minimum absolute atomic E-state index is 0.0907. The number of amides is 1. The molecule has 34 heavy (non-hydrogen) atoms. The highest BCUT2D eigenvalue weighted by atomic mass is 16.2. The van der Waals surface area contributed by atoms with Crippen LogP contribution in [0.4, 0.5) is 5.82 Å². The van der Waals surface area contributed by atoms with Gasteiger partial charge in [0.15, 0.2) is 11.3 Å². The second-order valence-corrected chi connectivity index (χ2v) is 9.93. The standard InChI is InChI=1S/C27H36N6O/c1-20-8-7-9-21(18-20)19-32-16-12-22(13-17-32)28-27(34)25-23-10-11-24(29-26(23)31(2)30-25)33-14-5-3-4-6-15-33/h7-11,18,22H,3-6,12-17,19H2,1-2H3,(H,28,34). The van der Waals surface area contributed by atoms with Gasteiger partial charge in [0.2, 0.25) is 0 Å². The van der Waals surface area contributed by atoms with Crippen molar-refractivity contribution < 1.29 is 4.79 Å². The van der Waals surface area contributed by atoms with Gasteiger partial charge in [-0.05, 0) is 50.3 Å². The van der Waals surface area contributed by atoms with Crippen LogP contribution >= 0.6 is 0 Å². The van der Waals surface area contributed by atoms with Gasteiger partial charge < -0.3 is 10.2 Å². The number of likely N-dealkylation sites (tertiary alicyclic amines) is 1. The molecule has 7 heteroatoms. The number of aromatic nitrogens is 3. The highest BCUT2D eigenvalue weighted by Crippen LogP contribution is 2.24. The lowest BCUT2D eigenvalue weighted by molar-refractivity contribution is 0.0904. The molecule has 0 saturated carbocycles. The Kier molecular flexibility index (Phi) is 6.81. The molecule has 2 aromatic heterocycles. The molecule has 0 unspecified atom stereocenters. The zero-order valence-corrected chi connectivity index (χ0v) is 20.5. The zero-order valence-electron chi connectivity index (χ0n) is 20.5. The lowest BCUT2D eigenvalue weighted by atomic mass is 10.0. The molecule has 4 heterocycles. The number of carbonyl (C=O) groups excluding carboxylic acids is 1. The van der Waals surface area contributed by atoms with Gasteiger partial charge in [0.25, 0.3) is 5.91 Å². The van der Waals surface area contributed by atoms with Gasteiger partial charge in [-0.3, -0.25) is 9.69 Å². The fourth-order valence-electron chi connectivity index (χ4n) is 5.32. The van der Waals surface area contributed by atoms with Gasteiger partial charge >= 0.3 is 0 Å². The molecule has 180 valence electrons. The van der Waals surface area contributed by atoms with Crippen LogP contribution in [0.2, 0.25) is 0 Å². The van der Waals surface area contributed by atoms with Crippen LogP contribution in [0.3, 0.4) is 0 Å². The summed E-state index contributed by atoms with van der Waals surface area (Å²) >= 11 is 0. The summed E-state index contributed by atoms with van der Waals surface area (Å²) in [4.78, 5) is 22.9. The van der Waals surface area contributed by atoms with Crippen molar-refractivity contribution in [2.75, 3.05) is 31.1 Å². The Bertz CT molecular complexity index is 1140. The van der Waals surface area contributed by atoms with Crippen molar-refractivity contribution in [1.82, 2.24) is 25.0 Å². The summed E-state index contributed by atoms with van der Waals surface area (Å²) in [6, 6.07) is 13.0. The Morgan fingerprint density at radius 2 is 1.79 bits per heavy atom. The molecule has 3 aromatic rings. The van der Waals surface area contributed by atoms with Crippen molar-refractivity contribution in [2.45, 2.75) is 58.0 Å². The maximum Gasteiger partial charge on any atom is 0.272 e. The summed E-state index contributed by atoms with van der Waals surface area (Å²) in [5.74, 6) is 0.900. The van der Waals surface area contributed by atoms with Crippen molar-refractivity contribution in [3.63, 3.8) is 0 Å². The van der Waals surface area contributed by atoms with Crippen LogP contribution < -0.4 is 10.2 Å². The molecule has 7 nitrogen and oxygen atoms in total. The first-order valence-electron chi connectivity index (χ1n) is 12.7. The highest BCUT2D eigenvalue weighted by molar-refractivity contribution is 6.04. The molecule has 1 amide bonds. The molecule has 0 radical (unpaired) electrons. The Labute approximate surface area is 202 Å². The number of hydrogen-bond donors (Lipinski definition) is 1. The molecule has 2 aliphatic rings. The number of nitrogens with one attached hydrogen (secondary N) is 1. The van der Waals surface area contributed by atoms with E-state index in [9.17, 15) is 4.79 Å². The second kappa shape index (κ2) is 10.1. The predicted molar refractivity (Wildman–Crippen MR) is 136 cm³/mol. The molecule has 0 atom stereocenters. The van der Waals surface area contributed by atoms with Crippen LogP contribution in [0.15, 0.2) is 36.4 Å². The Hall–Kier alpha value is -2.93. The minimum atomic E-state index is -0.0907. The molecule has 0 spiro atoms. The smallest absolute Gasteiger partial charge is 0.272 e. The largest absolute Gasteiger partial charge is 0.357 e. The molecule has 2 saturated heterocycles. The molecule has 2 fully saturated rings. The van der Waals surface area contributed by atoms with E-state index >= 15 is 0 Å². The first-order chi connectivity index (χ1) is 16.6. The molecule has 1 aromatic carbocycles. The van der Waals surface area contributed by atoms with Crippen LogP contribution in [0.5, 0.6) is 0 Å². The lowest BCUT2D eigenvalue weighted by Gasteiger charge is -2.32. The monoisotopic (exact) mass is 460 g/mol. The summed E-state index contributed by atoms with van der Waals surface area (Å²) in [5.41, 5.74) is 3.92. The molecule has 0 bridgehead atoms. The van der Waals surface area contributed by atoms with E-state index in [1.807, 2.05) is 13.1 Å². The average Bonchev–Trinajstić information content (AvgIpc) is 3.00. The first-order valence-corrected chi connectivity index (χ1v) is 12.7. The maximum atomic E-state index is 13.1. The van der Waals surface area contributed by atoms with E-state index in [2.05, 4.69) is 57.5 Å². The number of carbonyl (C=O) groups is 1. The number of benzene rings is 1. The van der Waals surface area contributed by atoms with E-state index in [1.165, 1.54) is 36.8 Å². The van der Waals surface area contributed by atoms with Crippen molar-refractivity contribution in [3.05, 3.63) is 53.2 Å². The van der Waals surface area contributed by atoms with Crippen molar-refractivity contribution >= 4 is 22.8 Å². The lowest BCUT2D eigenvalue weighted by Crippen LogP contribution is -2.44. The summed E-state index contributed by atoms with van der Waals surface area (Å²) < 4.78 is 1.75. The summed E-state index contributed by atoms with van der Waals surface area (Å²) in [6.45, 7) is 7.18. The number of anilines is 1. The molecule has 2 aliphatic heterocycles. The van der Waals surface area contributed by atoms with Crippen molar-refractivity contribution in [2.24, 2.45) is 7.05 Å². The Morgan fingerprint density at radius 3 is 2.53 bits per heavy atom. The Balaban J connectivity index is 1.21. The number of hydrogen-bond acceptors (Lipinski definition) is 5. The first kappa shape index (κ1) is 22.8. The van der Waals surface area contributed by atoms with Crippen LogP contribution in [-0.2, 0) is 13.6 Å². The summed E-state index contributed by atoms with van der Waals surface area (Å²) in [7, 11) is 1.88. The third-order valence-corrected chi connectivity index (χ3v) is 7.23. The van der Waals surface area contributed by atoms with Crippen LogP contribution in [-0.4, -0.2) is 57.8 Å². The third-order valence-electron chi connectivity index (χ3n) is 7.23. The van der Waals surface area contributed by atoms with Crippen molar-refractivity contribution in [1.29, 1.82) is 0 Å². The number of aryl methyl sites for hydroxylation is 2.